The molecule has 0 amide bonds. The van der Waals surface area contributed by atoms with E-state index in [0.717, 1.165) is 19.3 Å². The molecule has 1 nitrogen and oxygen atoms in total. The zero-order chi connectivity index (χ0) is 13.2. The van der Waals surface area contributed by atoms with Gasteiger partial charge in [-0.3, -0.25) is 0 Å². The number of hydrogen-bond acceptors (Lipinski definition) is 1. The van der Waals surface area contributed by atoms with Gasteiger partial charge in [-0.05, 0) is 0 Å². The van der Waals surface area contributed by atoms with Gasteiger partial charge in [-0.15, -0.1) is 0 Å². The summed E-state index contributed by atoms with van der Waals surface area (Å²) in [6.45, 7) is 6.92. The molecule has 18 heavy (non-hydrogen) atoms. The molecule has 0 saturated heterocycles. The molecule has 1 fully saturated rings. The molecule has 98 valence electrons. The zero-order valence-corrected chi connectivity index (χ0v) is 13.2. The van der Waals surface area contributed by atoms with Crippen LogP contribution in [0.4, 0.5) is 0 Å². The van der Waals surface area contributed by atoms with Gasteiger partial charge < -0.3 is 0 Å². The van der Waals surface area contributed by atoms with Crippen molar-refractivity contribution in [3.8, 4) is 0 Å². The van der Waals surface area contributed by atoms with Gasteiger partial charge in [-0.2, -0.15) is 0 Å². The molecule has 0 spiro atoms. The second-order valence-corrected chi connectivity index (χ2v) is 8.90. The number of hydrogen-bond donors (Lipinski definition) is 0. The molecular formula is C16H22OSe. The fraction of sp³-hybridized carbons (Fsp3) is 0.562. The van der Waals surface area contributed by atoms with Gasteiger partial charge in [0.1, 0.15) is 0 Å². The van der Waals surface area contributed by atoms with Gasteiger partial charge in [0.15, 0.2) is 0 Å². The summed E-state index contributed by atoms with van der Waals surface area (Å²) >= 11 is 0.308. The van der Waals surface area contributed by atoms with Gasteiger partial charge in [-0.25, -0.2) is 0 Å². The molecule has 0 aliphatic heterocycles. The molecule has 0 N–H and O–H groups in total. The average molecular weight is 309 g/mol. The van der Waals surface area contributed by atoms with Crippen LogP contribution in [0.25, 0.3) is 0 Å². The van der Waals surface area contributed by atoms with E-state index < -0.39 is 0 Å². The monoisotopic (exact) mass is 310 g/mol. The Morgan fingerprint density at radius 1 is 1.17 bits per heavy atom. The number of rotatable bonds is 2. The van der Waals surface area contributed by atoms with E-state index in [1.54, 1.807) is 0 Å². The van der Waals surface area contributed by atoms with Gasteiger partial charge in [-0.1, -0.05) is 0 Å². The summed E-state index contributed by atoms with van der Waals surface area (Å²) in [5.74, 6) is 1.20. The third-order valence-corrected chi connectivity index (χ3v) is 6.54. The van der Waals surface area contributed by atoms with Crippen molar-refractivity contribution < 1.29 is 4.79 Å². The Bertz CT molecular complexity index is 405. The van der Waals surface area contributed by atoms with Crippen molar-refractivity contribution in [2.24, 2.45) is 11.3 Å². The van der Waals surface area contributed by atoms with Crippen molar-refractivity contribution >= 4 is 25.2 Å². The summed E-state index contributed by atoms with van der Waals surface area (Å²) in [7, 11) is 0. The summed E-state index contributed by atoms with van der Waals surface area (Å²) in [5.41, 5.74) is 0.339. The minimum atomic E-state index is 0.304. The van der Waals surface area contributed by atoms with Crippen LogP contribution in [0, 0.1) is 11.3 Å². The van der Waals surface area contributed by atoms with Crippen LogP contribution in [0.3, 0.4) is 0 Å². The molecular weight excluding hydrogens is 287 g/mol. The molecule has 2 unspecified atom stereocenters. The van der Waals surface area contributed by atoms with Crippen LogP contribution >= 0.6 is 0 Å². The summed E-state index contributed by atoms with van der Waals surface area (Å²) in [5, 5.41) is 0. The van der Waals surface area contributed by atoms with E-state index in [0.29, 0.717) is 36.9 Å². The average Bonchev–Trinajstić information content (AvgIpc) is 2.32. The number of benzene rings is 1. The second-order valence-electron chi connectivity index (χ2n) is 6.22. The molecule has 2 atom stereocenters. The third kappa shape index (κ3) is 3.46. The Hall–Kier alpha value is -0.591. The van der Waals surface area contributed by atoms with Gasteiger partial charge >= 0.3 is 117 Å². The van der Waals surface area contributed by atoms with Crippen molar-refractivity contribution in [3.63, 3.8) is 0 Å². The number of carbonyl (C=O) groups excluding carboxylic acids is 1. The molecule has 0 radical (unpaired) electrons. The van der Waals surface area contributed by atoms with Gasteiger partial charge in [0, 0.05) is 0 Å². The van der Waals surface area contributed by atoms with E-state index in [1.165, 1.54) is 4.46 Å². The first-order valence-corrected chi connectivity index (χ1v) is 8.56. The van der Waals surface area contributed by atoms with E-state index in [2.05, 4.69) is 45.0 Å². The van der Waals surface area contributed by atoms with Crippen LogP contribution in [0.2, 0.25) is 4.82 Å². The molecule has 0 aromatic heterocycles. The maximum atomic E-state index is 12.1. The van der Waals surface area contributed by atoms with E-state index >= 15 is 0 Å². The molecule has 1 aromatic carbocycles. The number of ketones is 1. The molecule has 2 rings (SSSR count). The molecule has 1 aliphatic carbocycles. The first-order valence-electron chi connectivity index (χ1n) is 6.71. The standard InChI is InChI=1S/C16H22OSe/c1-16(2,3)12-9-10-14(17)15(11-12)18-13-7-5-4-6-8-13/h4-8,12,15H,9-11H2,1-3H3. The Balaban J connectivity index is 2.05. The van der Waals surface area contributed by atoms with Crippen molar-refractivity contribution in [3.05, 3.63) is 30.3 Å². The molecule has 1 saturated carbocycles. The maximum absolute atomic E-state index is 12.1. The second kappa shape index (κ2) is 5.59. The summed E-state index contributed by atoms with van der Waals surface area (Å²) < 4.78 is 1.36. The van der Waals surface area contributed by atoms with Crippen LogP contribution in [0.15, 0.2) is 30.3 Å². The van der Waals surface area contributed by atoms with Crippen LogP contribution in [-0.4, -0.2) is 20.7 Å². The topological polar surface area (TPSA) is 17.1 Å². The van der Waals surface area contributed by atoms with Crippen molar-refractivity contribution in [1.82, 2.24) is 0 Å². The van der Waals surface area contributed by atoms with Gasteiger partial charge in [0.25, 0.3) is 0 Å². The Morgan fingerprint density at radius 2 is 1.83 bits per heavy atom. The minimum absolute atomic E-state index is 0.304. The quantitative estimate of drug-likeness (QED) is 0.767. The van der Waals surface area contributed by atoms with E-state index in [1.807, 2.05) is 6.07 Å². The Labute approximate surface area is 117 Å². The van der Waals surface area contributed by atoms with Gasteiger partial charge in [0.2, 0.25) is 0 Å². The molecule has 2 heteroatoms. The van der Waals surface area contributed by atoms with Crippen molar-refractivity contribution in [2.45, 2.75) is 44.9 Å². The third-order valence-electron chi connectivity index (χ3n) is 3.84. The Morgan fingerprint density at radius 3 is 2.44 bits per heavy atom. The SMILES string of the molecule is CC(C)(C)C1CCC(=O)C([Se]c2ccccc2)C1. The first-order chi connectivity index (χ1) is 8.47. The number of carbonyl (C=O) groups is 1. The number of Topliss-reactive ketones (excluding diaryl/α,β-unsaturated/α-hetero) is 1. The van der Waals surface area contributed by atoms with E-state index in [-0.39, 0.29) is 0 Å². The fourth-order valence-corrected chi connectivity index (χ4v) is 5.11. The first kappa shape index (κ1) is 13.8. The predicted octanol–water partition coefficient (Wildman–Crippen LogP) is 3.22. The van der Waals surface area contributed by atoms with Gasteiger partial charge in [0.05, 0.1) is 0 Å². The fourth-order valence-electron chi connectivity index (χ4n) is 2.55. The van der Waals surface area contributed by atoms with Crippen LogP contribution in [0.5, 0.6) is 0 Å². The predicted molar refractivity (Wildman–Crippen MR) is 77.4 cm³/mol. The molecule has 1 aliphatic rings. The molecule has 0 bridgehead atoms. The summed E-state index contributed by atoms with van der Waals surface area (Å²) in [6, 6.07) is 10.5. The zero-order valence-electron chi connectivity index (χ0n) is 11.5. The van der Waals surface area contributed by atoms with Crippen LogP contribution < -0.4 is 4.46 Å². The van der Waals surface area contributed by atoms with Crippen molar-refractivity contribution in [2.75, 3.05) is 0 Å². The van der Waals surface area contributed by atoms with E-state index in [4.69, 9.17) is 0 Å². The Kier molecular flexibility index (Phi) is 4.29. The summed E-state index contributed by atoms with van der Waals surface area (Å²) in [4.78, 5) is 12.4. The molecule has 0 heterocycles. The van der Waals surface area contributed by atoms with E-state index in [9.17, 15) is 4.79 Å². The molecule has 1 aromatic rings. The normalized spacial score (nSPS) is 25.2. The van der Waals surface area contributed by atoms with Crippen LogP contribution in [0.1, 0.15) is 40.0 Å². The summed E-state index contributed by atoms with van der Waals surface area (Å²) in [6.07, 6.45) is 2.97. The van der Waals surface area contributed by atoms with Crippen molar-refractivity contribution in [1.29, 1.82) is 0 Å². The van der Waals surface area contributed by atoms with Crippen LogP contribution in [-0.2, 0) is 4.79 Å².